The lowest BCUT2D eigenvalue weighted by Gasteiger charge is -2.29. The molecule has 1 amide bonds. The third-order valence-corrected chi connectivity index (χ3v) is 9.49. The standard InChI is InChI=1S/C18H23N7O.C16H21N7.C4H6O3/c1-12(26)20-13-6-8-14(9-7-13)21-18-19-11-10-17(22-18)25-16-5-3-2-4-15(16)23-24-25;17-11-5-7-12(8-6-11)19-16-18-10-9-15(20-16)23-14-4-2-1-3-13(14)21-22-23;1-3(5)7-4(2)6/h2-5,10-11,13-14,23-24H,6-9H2,1H3,(H,20,26)(H,19,21,22);1-4,9-12,21-22H,5-8,17H2,(H,18,19,20);1-2H3. The fourth-order valence-electron chi connectivity index (χ4n) is 6.85. The molecule has 4 aromatic rings. The van der Waals surface area contributed by atoms with E-state index in [1.165, 1.54) is 13.8 Å². The van der Waals surface area contributed by atoms with Crippen molar-refractivity contribution in [3.63, 3.8) is 0 Å². The molecule has 0 saturated heterocycles. The predicted octanol–water partition coefficient (Wildman–Crippen LogP) is 4.56. The van der Waals surface area contributed by atoms with E-state index in [4.69, 9.17) is 5.73 Å². The molecule has 56 heavy (non-hydrogen) atoms. The van der Waals surface area contributed by atoms with Gasteiger partial charge in [0.2, 0.25) is 17.8 Å². The van der Waals surface area contributed by atoms with Gasteiger partial charge in [-0.15, -0.1) is 11.1 Å². The monoisotopic (exact) mass is 766 g/mol. The second-order valence-electron chi connectivity index (χ2n) is 13.9. The lowest BCUT2D eigenvalue weighted by Crippen LogP contribution is -2.39. The summed E-state index contributed by atoms with van der Waals surface area (Å²) in [7, 11) is 0. The Bertz CT molecular complexity index is 1940. The summed E-state index contributed by atoms with van der Waals surface area (Å²) in [5, 5.41) is 13.7. The molecule has 2 aliphatic heterocycles. The highest BCUT2D eigenvalue weighted by Crippen LogP contribution is 2.34. The summed E-state index contributed by atoms with van der Waals surface area (Å²) in [6.45, 7) is 3.94. The van der Waals surface area contributed by atoms with Crippen LogP contribution in [0.3, 0.4) is 0 Å². The number of hydrogen-bond acceptors (Lipinski definition) is 17. The number of amides is 1. The van der Waals surface area contributed by atoms with Gasteiger partial charge in [0.25, 0.3) is 0 Å². The number of aromatic nitrogens is 4. The van der Waals surface area contributed by atoms with E-state index in [1.807, 2.05) is 70.7 Å². The Morgan fingerprint density at radius 2 is 1.07 bits per heavy atom. The molecule has 9 N–H and O–H groups in total. The van der Waals surface area contributed by atoms with Crippen LogP contribution in [0.2, 0.25) is 0 Å². The Balaban J connectivity index is 0.000000164. The Morgan fingerprint density at radius 1 is 0.643 bits per heavy atom. The molecule has 0 unspecified atom stereocenters. The highest BCUT2D eigenvalue weighted by Gasteiger charge is 2.25. The van der Waals surface area contributed by atoms with E-state index in [1.54, 1.807) is 19.3 Å². The van der Waals surface area contributed by atoms with Gasteiger partial charge >= 0.3 is 11.9 Å². The van der Waals surface area contributed by atoms with Crippen molar-refractivity contribution < 1.29 is 19.1 Å². The number of nitrogens with zero attached hydrogens (tertiary/aromatic N) is 6. The van der Waals surface area contributed by atoms with Gasteiger partial charge in [-0.3, -0.25) is 14.4 Å². The Morgan fingerprint density at radius 3 is 1.50 bits per heavy atom. The molecular weight excluding hydrogens is 717 g/mol. The third-order valence-electron chi connectivity index (χ3n) is 9.49. The summed E-state index contributed by atoms with van der Waals surface area (Å²) >= 11 is 0. The van der Waals surface area contributed by atoms with E-state index in [9.17, 15) is 14.4 Å². The lowest BCUT2D eigenvalue weighted by atomic mass is 9.91. The van der Waals surface area contributed by atoms with Crippen LogP contribution in [0.25, 0.3) is 0 Å². The van der Waals surface area contributed by atoms with E-state index in [0.717, 1.165) is 85.8 Å². The van der Waals surface area contributed by atoms with Gasteiger partial charge in [-0.25, -0.2) is 20.0 Å². The van der Waals surface area contributed by atoms with E-state index in [2.05, 4.69) is 62.5 Å². The number of hydrogen-bond donors (Lipinski definition) is 8. The minimum Gasteiger partial charge on any atom is -0.394 e. The molecule has 0 radical (unpaired) electrons. The number of ether oxygens (including phenoxy) is 1. The van der Waals surface area contributed by atoms with Gasteiger partial charge in [0.15, 0.2) is 11.6 Å². The Kier molecular flexibility index (Phi) is 13.4. The zero-order chi connectivity index (χ0) is 39.4. The van der Waals surface area contributed by atoms with Gasteiger partial charge in [0.05, 0.1) is 22.7 Å². The summed E-state index contributed by atoms with van der Waals surface area (Å²) in [6, 6.07) is 21.2. The molecule has 2 fully saturated rings. The van der Waals surface area contributed by atoms with Gasteiger partial charge < -0.3 is 37.3 Å². The van der Waals surface area contributed by atoms with Crippen molar-refractivity contribution in [3.05, 3.63) is 73.1 Å². The van der Waals surface area contributed by atoms with Crippen LogP contribution >= 0.6 is 0 Å². The average Bonchev–Trinajstić information content (AvgIpc) is 3.82. The number of nitrogens with one attached hydrogen (secondary N) is 7. The molecule has 8 rings (SSSR count). The van der Waals surface area contributed by atoms with Gasteiger partial charge in [-0.1, -0.05) is 24.3 Å². The van der Waals surface area contributed by atoms with Crippen molar-refractivity contribution in [1.29, 1.82) is 0 Å². The van der Waals surface area contributed by atoms with Gasteiger partial charge in [-0.05, 0) is 75.6 Å². The number of rotatable bonds is 7. The van der Waals surface area contributed by atoms with Crippen LogP contribution in [0, 0.1) is 0 Å². The van der Waals surface area contributed by atoms with Crippen LogP contribution in [-0.4, -0.2) is 61.9 Å². The van der Waals surface area contributed by atoms with Crippen LogP contribution in [0.4, 0.5) is 46.3 Å². The summed E-state index contributed by atoms with van der Waals surface area (Å²) in [5.74, 6) is 1.77. The fraction of sp³-hybridized carbons (Fsp3) is 0.395. The number of hydrazine groups is 4. The highest BCUT2D eigenvalue weighted by molar-refractivity contribution is 5.82. The first-order valence-electron chi connectivity index (χ1n) is 18.8. The molecular formula is C38H50N14O4. The van der Waals surface area contributed by atoms with Crippen molar-refractivity contribution in [1.82, 2.24) is 36.3 Å². The molecule has 2 aromatic heterocycles. The molecule has 4 heterocycles. The quantitative estimate of drug-likeness (QED) is 0.0953. The van der Waals surface area contributed by atoms with Crippen LogP contribution in [0.1, 0.15) is 72.1 Å². The van der Waals surface area contributed by atoms with Crippen molar-refractivity contribution in [2.24, 2.45) is 5.73 Å². The average molecular weight is 767 g/mol. The van der Waals surface area contributed by atoms with Crippen LogP contribution in [-0.2, 0) is 19.1 Å². The molecule has 2 aromatic carbocycles. The normalized spacial score (nSPS) is 20.6. The molecule has 0 bridgehead atoms. The maximum atomic E-state index is 11.2. The fourth-order valence-corrected chi connectivity index (χ4v) is 6.85. The van der Waals surface area contributed by atoms with E-state index in [-0.39, 0.29) is 11.9 Å². The van der Waals surface area contributed by atoms with Gasteiger partial charge in [-0.2, -0.15) is 9.97 Å². The zero-order valence-corrected chi connectivity index (χ0v) is 31.8. The molecule has 0 atom stereocenters. The number of benzene rings is 2. The van der Waals surface area contributed by atoms with E-state index in [0.29, 0.717) is 30.0 Å². The van der Waals surface area contributed by atoms with E-state index >= 15 is 0 Å². The number of nitrogens with two attached hydrogens (primary N) is 1. The first-order chi connectivity index (χ1) is 27.1. The molecule has 0 spiro atoms. The van der Waals surface area contributed by atoms with Crippen molar-refractivity contribution in [2.75, 3.05) is 31.5 Å². The lowest BCUT2D eigenvalue weighted by molar-refractivity contribution is -0.156. The van der Waals surface area contributed by atoms with Gasteiger partial charge in [0, 0.05) is 69.5 Å². The summed E-state index contributed by atoms with van der Waals surface area (Å²) < 4.78 is 3.97. The van der Waals surface area contributed by atoms with E-state index < -0.39 is 11.9 Å². The molecule has 296 valence electrons. The summed E-state index contributed by atoms with van der Waals surface area (Å²) in [4.78, 5) is 48.8. The number of anilines is 8. The first kappa shape index (κ1) is 39.6. The topological polar surface area (TPSA) is 229 Å². The maximum absolute atomic E-state index is 11.2. The van der Waals surface area contributed by atoms with Crippen LogP contribution < -0.4 is 53.6 Å². The minimum absolute atomic E-state index is 0.0458. The second kappa shape index (κ2) is 19.0. The zero-order valence-electron chi connectivity index (χ0n) is 31.8. The van der Waals surface area contributed by atoms with Crippen molar-refractivity contribution in [2.45, 2.75) is 96.3 Å². The molecule has 18 nitrogen and oxygen atoms in total. The van der Waals surface area contributed by atoms with Crippen LogP contribution in [0.15, 0.2) is 73.1 Å². The Hall–Kier alpha value is -6.11. The van der Waals surface area contributed by atoms with Crippen LogP contribution in [0.5, 0.6) is 0 Å². The number of fused-ring (bicyclic) bond motifs is 2. The number of para-hydroxylation sites is 4. The largest absolute Gasteiger partial charge is 0.394 e. The third kappa shape index (κ3) is 11.0. The predicted molar refractivity (Wildman–Crippen MR) is 215 cm³/mol. The van der Waals surface area contributed by atoms with Crippen molar-refractivity contribution >= 4 is 64.1 Å². The minimum atomic E-state index is -0.562. The SMILES string of the molecule is CC(=O)NC1CCC(Nc2nccc(N3NNc4ccccc43)n2)CC1.CC(=O)OC(C)=O.NC1CCC(Nc2nccc(N3NNc4ccccc43)n2)CC1. The number of carbonyl (C=O) groups excluding carboxylic acids is 3. The molecule has 4 aliphatic rings. The first-order valence-corrected chi connectivity index (χ1v) is 18.8. The summed E-state index contributed by atoms with van der Waals surface area (Å²) in [5.41, 5.74) is 22.6. The van der Waals surface area contributed by atoms with Gasteiger partial charge in [0.1, 0.15) is 0 Å². The maximum Gasteiger partial charge on any atom is 0.310 e. The Labute approximate surface area is 325 Å². The molecule has 2 aliphatic carbocycles. The molecule has 18 heteroatoms. The smallest absolute Gasteiger partial charge is 0.310 e. The number of carbonyl (C=O) groups is 3. The highest BCUT2D eigenvalue weighted by atomic mass is 16.6. The second-order valence-corrected chi connectivity index (χ2v) is 13.9. The number of esters is 2. The summed E-state index contributed by atoms with van der Waals surface area (Å²) in [6.07, 6.45) is 11.7. The molecule has 2 saturated carbocycles. The van der Waals surface area contributed by atoms with Crippen molar-refractivity contribution in [3.8, 4) is 0 Å².